The molecule has 10 saturated carbocycles. The molecule has 11 aliphatic rings. The first kappa shape index (κ1) is 38.6. The van der Waals surface area contributed by atoms with Gasteiger partial charge in [-0.05, 0) is 214 Å². The van der Waals surface area contributed by atoms with E-state index in [9.17, 15) is 0 Å². The van der Waals surface area contributed by atoms with Gasteiger partial charge >= 0.3 is 0 Å². The SMILES string of the molecule is CCCC1C(C)CCC1C1CCCC(C2CCCC(C3C4CC=CCC4C(C4CCCCC(C5CC6CCC7CCCC8CCC5C6C78)C4)C4CCCC43)C2)C1. The lowest BCUT2D eigenvalue weighted by Crippen LogP contribution is -2.51. The van der Waals surface area contributed by atoms with E-state index in [0.29, 0.717) is 0 Å². The van der Waals surface area contributed by atoms with Crippen LogP contribution in [0.2, 0.25) is 0 Å². The molecule has 314 valence electrons. The van der Waals surface area contributed by atoms with E-state index in [1.807, 2.05) is 0 Å². The van der Waals surface area contributed by atoms with E-state index >= 15 is 0 Å². The highest BCUT2D eigenvalue weighted by Crippen LogP contribution is 2.67. The highest BCUT2D eigenvalue weighted by Gasteiger charge is 2.59. The van der Waals surface area contributed by atoms with E-state index in [1.165, 1.54) is 43.9 Å². The van der Waals surface area contributed by atoms with Crippen molar-refractivity contribution in [1.82, 2.24) is 0 Å². The van der Waals surface area contributed by atoms with Crippen molar-refractivity contribution in [2.24, 2.45) is 130 Å². The molecule has 0 amide bonds. The van der Waals surface area contributed by atoms with Gasteiger partial charge in [-0.3, -0.25) is 0 Å². The van der Waals surface area contributed by atoms with Crippen molar-refractivity contribution < 1.29 is 0 Å². The quantitative estimate of drug-likeness (QED) is 0.179. The van der Waals surface area contributed by atoms with Gasteiger partial charge in [0.2, 0.25) is 0 Å². The summed E-state index contributed by atoms with van der Waals surface area (Å²) in [4.78, 5) is 0. The topological polar surface area (TPSA) is 0 Å². The third kappa shape index (κ3) is 6.85. The van der Waals surface area contributed by atoms with Gasteiger partial charge in [-0.2, -0.15) is 0 Å². The van der Waals surface area contributed by atoms with Gasteiger partial charge in [-0.1, -0.05) is 135 Å². The van der Waals surface area contributed by atoms with E-state index in [-0.39, 0.29) is 0 Å². The molecule has 0 heterocycles. The van der Waals surface area contributed by atoms with Gasteiger partial charge in [0.05, 0.1) is 0 Å². The summed E-state index contributed by atoms with van der Waals surface area (Å²) in [6.45, 7) is 5.08. The van der Waals surface area contributed by atoms with Crippen LogP contribution in [-0.4, -0.2) is 0 Å². The Balaban J connectivity index is 0.803. The van der Waals surface area contributed by atoms with Gasteiger partial charge in [0, 0.05) is 0 Å². The Morgan fingerprint density at radius 1 is 0.339 bits per heavy atom. The fourth-order valence-electron chi connectivity index (χ4n) is 21.5. The molecule has 11 rings (SSSR count). The van der Waals surface area contributed by atoms with Crippen molar-refractivity contribution >= 4 is 0 Å². The molecule has 56 heavy (non-hydrogen) atoms. The second-order valence-electron chi connectivity index (χ2n) is 24.9. The van der Waals surface area contributed by atoms with E-state index in [0.717, 1.165) is 118 Å². The van der Waals surface area contributed by atoms with Gasteiger partial charge in [0.25, 0.3) is 0 Å². The summed E-state index contributed by atoms with van der Waals surface area (Å²) in [7, 11) is 0. The summed E-state index contributed by atoms with van der Waals surface area (Å²) in [6.07, 6.45) is 53.2. The first-order valence-electron chi connectivity index (χ1n) is 27.3. The van der Waals surface area contributed by atoms with Crippen LogP contribution < -0.4 is 0 Å². The smallest absolute Gasteiger partial charge is 0.0312 e. The molecular formula is C56H90. The maximum atomic E-state index is 2.73. The number of rotatable bonds is 7. The lowest BCUT2D eigenvalue weighted by molar-refractivity contribution is -0.0772. The lowest BCUT2D eigenvalue weighted by atomic mass is 9.48. The van der Waals surface area contributed by atoms with Gasteiger partial charge < -0.3 is 0 Å². The highest BCUT2D eigenvalue weighted by atomic mass is 14.6. The predicted octanol–water partition coefficient (Wildman–Crippen LogP) is 16.0. The van der Waals surface area contributed by atoms with Crippen LogP contribution in [0.3, 0.4) is 0 Å². The molecule has 0 saturated heterocycles. The van der Waals surface area contributed by atoms with Crippen LogP contribution in [0.1, 0.15) is 206 Å². The minimum Gasteiger partial charge on any atom is -0.0882 e. The van der Waals surface area contributed by atoms with Gasteiger partial charge in [-0.25, -0.2) is 0 Å². The van der Waals surface area contributed by atoms with Crippen molar-refractivity contribution in [3.05, 3.63) is 12.2 Å². The molecule has 0 heteroatoms. The van der Waals surface area contributed by atoms with Crippen molar-refractivity contribution in [1.29, 1.82) is 0 Å². The summed E-state index contributed by atoms with van der Waals surface area (Å²) in [6, 6.07) is 0. The van der Waals surface area contributed by atoms with E-state index in [4.69, 9.17) is 0 Å². The minimum atomic E-state index is 1.00. The maximum Gasteiger partial charge on any atom is -0.0312 e. The molecule has 0 nitrogen and oxygen atoms in total. The third-order valence-corrected chi connectivity index (χ3v) is 23.1. The van der Waals surface area contributed by atoms with Crippen molar-refractivity contribution in [3.8, 4) is 0 Å². The zero-order valence-corrected chi connectivity index (χ0v) is 37.1. The standard InChI is InChI=1S/C56H90/c1-3-12-45-35(2)25-29-46(45)40-19-9-17-38(31-40)39-18-10-20-43(32-39)55-48-22-7-6-21-47(48)54(49-23-11-24-50(49)55)42-14-5-4-13-41(33-42)52-34-44-27-26-36-15-8-16-37-28-30-51(52)56(44)53(36)37/h6-7,35-56H,3-5,8-34H2,1-2H3. The molecule has 0 aromatic rings. The largest absolute Gasteiger partial charge is 0.0882 e. The molecule has 22 atom stereocenters. The van der Waals surface area contributed by atoms with Gasteiger partial charge in [0.1, 0.15) is 0 Å². The molecule has 0 bridgehead atoms. The fraction of sp³-hybridized carbons (Fsp3) is 0.964. The molecular weight excluding hydrogens is 673 g/mol. The number of hydrogen-bond donors (Lipinski definition) is 0. The first-order chi connectivity index (χ1) is 27.6. The monoisotopic (exact) mass is 763 g/mol. The molecule has 10 fully saturated rings. The van der Waals surface area contributed by atoms with Gasteiger partial charge in [0.15, 0.2) is 0 Å². The Hall–Kier alpha value is -0.260. The zero-order valence-electron chi connectivity index (χ0n) is 37.1. The van der Waals surface area contributed by atoms with Crippen LogP contribution in [0, 0.1) is 130 Å². The Morgan fingerprint density at radius 2 is 0.804 bits per heavy atom. The van der Waals surface area contributed by atoms with E-state index < -0.39 is 0 Å². The zero-order chi connectivity index (χ0) is 37.3. The van der Waals surface area contributed by atoms with Crippen molar-refractivity contribution in [2.45, 2.75) is 206 Å². The molecule has 0 aliphatic heterocycles. The first-order valence-corrected chi connectivity index (χ1v) is 27.3. The molecule has 0 aromatic heterocycles. The number of hydrogen-bond acceptors (Lipinski definition) is 0. The van der Waals surface area contributed by atoms with Crippen molar-refractivity contribution in [2.75, 3.05) is 0 Å². The Morgan fingerprint density at radius 3 is 1.50 bits per heavy atom. The van der Waals surface area contributed by atoms with E-state index in [2.05, 4.69) is 26.0 Å². The summed E-state index contributed by atoms with van der Waals surface area (Å²) >= 11 is 0. The van der Waals surface area contributed by atoms with Crippen LogP contribution in [-0.2, 0) is 0 Å². The summed E-state index contributed by atoms with van der Waals surface area (Å²) in [5, 5.41) is 0. The maximum absolute atomic E-state index is 2.73. The molecule has 0 aromatic carbocycles. The minimum absolute atomic E-state index is 1.00. The molecule has 0 spiro atoms. The number of allylic oxidation sites excluding steroid dienone is 2. The van der Waals surface area contributed by atoms with Crippen LogP contribution in [0.4, 0.5) is 0 Å². The van der Waals surface area contributed by atoms with Crippen molar-refractivity contribution in [3.63, 3.8) is 0 Å². The highest BCUT2D eigenvalue weighted by molar-refractivity contribution is 5.11. The lowest BCUT2D eigenvalue weighted by Gasteiger charge is -2.57. The summed E-state index contributed by atoms with van der Waals surface area (Å²) < 4.78 is 0. The van der Waals surface area contributed by atoms with Crippen LogP contribution in [0.5, 0.6) is 0 Å². The molecule has 0 radical (unpaired) electrons. The Labute approximate surface area is 347 Å². The normalized spacial score (nSPS) is 55.5. The number of fused-ring (bicyclic) bond motifs is 2. The average molecular weight is 763 g/mol. The van der Waals surface area contributed by atoms with Gasteiger partial charge in [-0.15, -0.1) is 0 Å². The Bertz CT molecular complexity index is 1330. The molecule has 0 N–H and O–H groups in total. The van der Waals surface area contributed by atoms with Crippen LogP contribution in [0.15, 0.2) is 12.2 Å². The van der Waals surface area contributed by atoms with Crippen LogP contribution in [0.25, 0.3) is 0 Å². The third-order valence-electron chi connectivity index (χ3n) is 23.1. The molecule has 11 aliphatic carbocycles. The van der Waals surface area contributed by atoms with Crippen LogP contribution >= 0.6 is 0 Å². The second kappa shape index (κ2) is 16.5. The fourth-order valence-corrected chi connectivity index (χ4v) is 21.5. The molecule has 22 unspecified atom stereocenters. The summed E-state index contributed by atoms with van der Waals surface area (Å²) in [5.74, 6) is 24.1. The Kier molecular flexibility index (Phi) is 11.4. The predicted molar refractivity (Wildman–Crippen MR) is 236 cm³/mol. The van der Waals surface area contributed by atoms with E-state index in [1.54, 1.807) is 161 Å². The average Bonchev–Trinajstić information content (AvgIpc) is 3.92. The second-order valence-corrected chi connectivity index (χ2v) is 24.9. The summed E-state index contributed by atoms with van der Waals surface area (Å²) in [5.41, 5.74) is 0.